The van der Waals surface area contributed by atoms with Gasteiger partial charge in [-0.3, -0.25) is 4.79 Å². The SMILES string of the molecule is COCC(=O)N1CCCCCC1c1noc(-c2ccccc2)n1. The van der Waals surface area contributed by atoms with Crippen molar-refractivity contribution in [3.05, 3.63) is 36.2 Å². The molecule has 1 aromatic heterocycles. The number of nitrogens with zero attached hydrogens (tertiary/aromatic N) is 3. The van der Waals surface area contributed by atoms with E-state index in [4.69, 9.17) is 9.26 Å². The van der Waals surface area contributed by atoms with Gasteiger partial charge in [0.05, 0.1) is 6.04 Å². The van der Waals surface area contributed by atoms with Crippen LogP contribution >= 0.6 is 0 Å². The fraction of sp³-hybridized carbons (Fsp3) is 0.471. The monoisotopic (exact) mass is 315 g/mol. The Kier molecular flexibility index (Phi) is 5.02. The van der Waals surface area contributed by atoms with E-state index >= 15 is 0 Å². The van der Waals surface area contributed by atoms with Crippen LogP contribution in [0.1, 0.15) is 37.5 Å². The zero-order valence-corrected chi connectivity index (χ0v) is 13.3. The number of benzene rings is 1. The smallest absolute Gasteiger partial charge is 0.257 e. The molecular formula is C17H21N3O3. The number of hydrogen-bond acceptors (Lipinski definition) is 5. The molecule has 0 aliphatic carbocycles. The van der Waals surface area contributed by atoms with Crippen molar-refractivity contribution in [3.8, 4) is 11.5 Å². The van der Waals surface area contributed by atoms with E-state index in [2.05, 4.69) is 10.1 Å². The average molecular weight is 315 g/mol. The largest absolute Gasteiger partial charge is 0.375 e. The predicted octanol–water partition coefficient (Wildman–Crippen LogP) is 2.83. The van der Waals surface area contributed by atoms with Gasteiger partial charge in [-0.15, -0.1) is 0 Å². The van der Waals surface area contributed by atoms with Crippen molar-refractivity contribution in [2.75, 3.05) is 20.3 Å². The Morgan fingerprint density at radius 2 is 2.13 bits per heavy atom. The van der Waals surface area contributed by atoms with Crippen LogP contribution in [0.4, 0.5) is 0 Å². The van der Waals surface area contributed by atoms with E-state index < -0.39 is 0 Å². The summed E-state index contributed by atoms with van der Waals surface area (Å²) in [5, 5.41) is 4.13. The van der Waals surface area contributed by atoms with E-state index in [1.165, 1.54) is 7.11 Å². The van der Waals surface area contributed by atoms with Gasteiger partial charge in [0.2, 0.25) is 5.91 Å². The lowest BCUT2D eigenvalue weighted by Crippen LogP contribution is -2.37. The highest BCUT2D eigenvalue weighted by Crippen LogP contribution is 2.30. The number of carbonyl (C=O) groups is 1. The van der Waals surface area contributed by atoms with Crippen LogP contribution in [0.2, 0.25) is 0 Å². The molecule has 0 radical (unpaired) electrons. The van der Waals surface area contributed by atoms with Gasteiger partial charge < -0.3 is 14.2 Å². The van der Waals surface area contributed by atoms with Crippen molar-refractivity contribution in [1.82, 2.24) is 15.0 Å². The number of methoxy groups -OCH3 is 1. The van der Waals surface area contributed by atoms with Crippen molar-refractivity contribution in [1.29, 1.82) is 0 Å². The second kappa shape index (κ2) is 7.37. The fourth-order valence-electron chi connectivity index (χ4n) is 2.95. The van der Waals surface area contributed by atoms with E-state index in [9.17, 15) is 4.79 Å². The highest BCUT2D eigenvalue weighted by Gasteiger charge is 2.30. The lowest BCUT2D eigenvalue weighted by molar-refractivity contribution is -0.137. The minimum absolute atomic E-state index is 0.0227. The maximum absolute atomic E-state index is 12.3. The Bertz CT molecular complexity index is 642. The van der Waals surface area contributed by atoms with Crippen LogP contribution in [-0.2, 0) is 9.53 Å². The summed E-state index contributed by atoms with van der Waals surface area (Å²) in [4.78, 5) is 18.7. The second-order valence-corrected chi connectivity index (χ2v) is 5.71. The highest BCUT2D eigenvalue weighted by atomic mass is 16.5. The molecule has 23 heavy (non-hydrogen) atoms. The molecule has 1 fully saturated rings. The van der Waals surface area contributed by atoms with E-state index in [1.54, 1.807) is 0 Å². The molecule has 2 aromatic rings. The Labute approximate surface area is 135 Å². The number of amides is 1. The number of hydrogen-bond donors (Lipinski definition) is 0. The van der Waals surface area contributed by atoms with Crippen LogP contribution in [0.15, 0.2) is 34.9 Å². The van der Waals surface area contributed by atoms with Gasteiger partial charge in [-0.1, -0.05) is 36.2 Å². The van der Waals surface area contributed by atoms with Gasteiger partial charge >= 0.3 is 0 Å². The van der Waals surface area contributed by atoms with Gasteiger partial charge in [-0.05, 0) is 25.0 Å². The molecule has 1 aliphatic heterocycles. The van der Waals surface area contributed by atoms with E-state index in [0.717, 1.165) is 31.2 Å². The number of likely N-dealkylation sites (tertiary alicyclic amines) is 1. The number of carbonyl (C=O) groups excluding carboxylic acids is 1. The number of ether oxygens (including phenoxy) is 1. The van der Waals surface area contributed by atoms with Crippen LogP contribution in [0, 0.1) is 0 Å². The molecule has 0 bridgehead atoms. The zero-order valence-electron chi connectivity index (χ0n) is 13.3. The quantitative estimate of drug-likeness (QED) is 0.868. The Hall–Kier alpha value is -2.21. The number of aromatic nitrogens is 2. The molecule has 1 saturated heterocycles. The third-order valence-electron chi connectivity index (χ3n) is 4.10. The Morgan fingerprint density at radius 1 is 1.30 bits per heavy atom. The van der Waals surface area contributed by atoms with Gasteiger partial charge in [-0.2, -0.15) is 4.98 Å². The summed E-state index contributed by atoms with van der Waals surface area (Å²) in [7, 11) is 1.53. The third kappa shape index (κ3) is 3.59. The van der Waals surface area contributed by atoms with E-state index in [1.807, 2.05) is 35.2 Å². The van der Waals surface area contributed by atoms with Crippen LogP contribution < -0.4 is 0 Å². The minimum atomic E-state index is -0.138. The summed E-state index contributed by atoms with van der Waals surface area (Å²) < 4.78 is 10.4. The maximum Gasteiger partial charge on any atom is 0.257 e. The lowest BCUT2D eigenvalue weighted by atomic mass is 10.1. The highest BCUT2D eigenvalue weighted by molar-refractivity contribution is 5.77. The van der Waals surface area contributed by atoms with E-state index in [-0.39, 0.29) is 18.6 Å². The molecule has 3 rings (SSSR count). The second-order valence-electron chi connectivity index (χ2n) is 5.71. The molecule has 1 aromatic carbocycles. The Morgan fingerprint density at radius 3 is 2.91 bits per heavy atom. The van der Waals surface area contributed by atoms with E-state index in [0.29, 0.717) is 18.3 Å². The van der Waals surface area contributed by atoms with Crippen molar-refractivity contribution in [2.45, 2.75) is 31.7 Å². The summed E-state index contributed by atoms with van der Waals surface area (Å²) in [5.74, 6) is 1.05. The van der Waals surface area contributed by atoms with Gasteiger partial charge in [0.15, 0.2) is 5.82 Å². The first-order valence-corrected chi connectivity index (χ1v) is 7.97. The summed E-state index contributed by atoms with van der Waals surface area (Å²) in [6.45, 7) is 0.794. The van der Waals surface area contributed by atoms with Gasteiger partial charge in [0, 0.05) is 19.2 Å². The minimum Gasteiger partial charge on any atom is -0.375 e. The molecule has 122 valence electrons. The van der Waals surface area contributed by atoms with Crippen molar-refractivity contribution in [2.24, 2.45) is 0 Å². The first-order valence-electron chi connectivity index (χ1n) is 7.97. The molecule has 1 unspecified atom stereocenters. The van der Waals surface area contributed by atoms with Crippen molar-refractivity contribution in [3.63, 3.8) is 0 Å². The molecule has 0 spiro atoms. The predicted molar refractivity (Wildman–Crippen MR) is 84.5 cm³/mol. The summed E-state index contributed by atoms with van der Waals surface area (Å²) in [6.07, 6.45) is 4.01. The fourth-order valence-corrected chi connectivity index (χ4v) is 2.95. The molecule has 2 heterocycles. The number of rotatable bonds is 4. The summed E-state index contributed by atoms with van der Waals surface area (Å²) in [5.41, 5.74) is 0.884. The summed E-state index contributed by atoms with van der Waals surface area (Å²) in [6, 6.07) is 9.52. The molecule has 1 amide bonds. The van der Waals surface area contributed by atoms with Crippen molar-refractivity contribution < 1.29 is 14.1 Å². The molecule has 0 N–H and O–H groups in total. The standard InChI is InChI=1S/C17H21N3O3/c1-22-12-15(21)20-11-7-3-6-10-14(20)16-18-17(23-19-16)13-8-4-2-5-9-13/h2,4-5,8-9,14H,3,6-7,10-12H2,1H3. The first kappa shape index (κ1) is 15.7. The van der Waals surface area contributed by atoms with Gasteiger partial charge in [0.25, 0.3) is 5.89 Å². The third-order valence-corrected chi connectivity index (χ3v) is 4.10. The molecule has 6 nitrogen and oxygen atoms in total. The lowest BCUT2D eigenvalue weighted by Gasteiger charge is -2.27. The molecule has 1 atom stereocenters. The topological polar surface area (TPSA) is 68.5 Å². The van der Waals surface area contributed by atoms with Gasteiger partial charge in [0.1, 0.15) is 6.61 Å². The molecule has 0 saturated carbocycles. The molecule has 1 aliphatic rings. The normalized spacial score (nSPS) is 18.7. The first-order chi connectivity index (χ1) is 11.3. The van der Waals surface area contributed by atoms with Crippen molar-refractivity contribution >= 4 is 5.91 Å². The zero-order chi connectivity index (χ0) is 16.1. The van der Waals surface area contributed by atoms with Crippen LogP contribution in [0.25, 0.3) is 11.5 Å². The molecule has 6 heteroatoms. The Balaban J connectivity index is 1.85. The maximum atomic E-state index is 12.3. The van der Waals surface area contributed by atoms with Crippen LogP contribution in [0.3, 0.4) is 0 Å². The van der Waals surface area contributed by atoms with Gasteiger partial charge in [-0.25, -0.2) is 0 Å². The average Bonchev–Trinajstić information content (AvgIpc) is 2.94. The van der Waals surface area contributed by atoms with Crippen LogP contribution in [-0.4, -0.2) is 41.2 Å². The van der Waals surface area contributed by atoms with Crippen LogP contribution in [0.5, 0.6) is 0 Å². The molecular weight excluding hydrogens is 294 g/mol. The summed E-state index contributed by atoms with van der Waals surface area (Å²) >= 11 is 0.